The Morgan fingerprint density at radius 1 is 1.05 bits per heavy atom. The lowest BCUT2D eigenvalue weighted by molar-refractivity contribution is -0.138. The van der Waals surface area contributed by atoms with E-state index in [2.05, 4.69) is 15.2 Å². The predicted octanol–water partition coefficient (Wildman–Crippen LogP) is 4.81. The number of phenols is 1. The van der Waals surface area contributed by atoms with Crippen molar-refractivity contribution >= 4 is 39.9 Å². The Morgan fingerprint density at radius 2 is 1.80 bits per heavy atom. The molecule has 0 fully saturated rings. The van der Waals surface area contributed by atoms with E-state index in [4.69, 9.17) is 11.6 Å². The van der Waals surface area contributed by atoms with E-state index in [9.17, 15) is 28.5 Å². The van der Waals surface area contributed by atoms with Crippen LogP contribution in [0.1, 0.15) is 33.2 Å². The number of thiazole rings is 1. The maximum atomic E-state index is 13.9. The van der Waals surface area contributed by atoms with E-state index in [0.29, 0.717) is 32.4 Å². The Labute approximate surface area is 235 Å². The third-order valence-corrected chi connectivity index (χ3v) is 7.86. The minimum absolute atomic E-state index is 0.0174. The van der Waals surface area contributed by atoms with Crippen LogP contribution in [0.5, 0.6) is 11.6 Å². The Kier molecular flexibility index (Phi) is 7.54. The maximum Gasteiger partial charge on any atom is 0.416 e. The highest BCUT2D eigenvalue weighted by molar-refractivity contribution is 7.17. The molecule has 4 aromatic rings. The quantitative estimate of drug-likeness (QED) is 0.289. The number of aliphatic hydroxyl groups excluding tert-OH is 1. The van der Waals surface area contributed by atoms with Gasteiger partial charge < -0.3 is 20.2 Å². The Balaban J connectivity index is 1.56. The lowest BCUT2D eigenvalue weighted by Crippen LogP contribution is -2.23. The maximum absolute atomic E-state index is 13.9. The second kappa shape index (κ2) is 10.9. The summed E-state index contributed by atoms with van der Waals surface area (Å²) >= 11 is 6.99. The predicted molar refractivity (Wildman–Crippen MR) is 148 cm³/mol. The molecule has 2 heterocycles. The molecule has 0 saturated heterocycles. The van der Waals surface area contributed by atoms with Crippen LogP contribution in [0.15, 0.2) is 70.9 Å². The van der Waals surface area contributed by atoms with Crippen molar-refractivity contribution in [3.05, 3.63) is 103 Å². The number of likely N-dealkylation sites (N-methyl/N-ethyl adjacent to an activating group) is 1. The molecule has 0 radical (unpaired) electrons. The van der Waals surface area contributed by atoms with E-state index < -0.39 is 17.8 Å². The molecule has 7 nitrogen and oxygen atoms in total. The fraction of sp³-hybridized carbons (Fsp3) is 0.179. The molecule has 1 aromatic heterocycles. The minimum Gasteiger partial charge on any atom is -0.508 e. The van der Waals surface area contributed by atoms with Crippen molar-refractivity contribution in [2.45, 2.75) is 18.7 Å². The van der Waals surface area contributed by atoms with Crippen LogP contribution in [-0.4, -0.2) is 40.1 Å². The molecular weight excluding hydrogens is 565 g/mol. The summed E-state index contributed by atoms with van der Waals surface area (Å²) in [4.78, 5) is 6.18. The zero-order valence-electron chi connectivity index (χ0n) is 20.9. The molecule has 3 N–H and O–H groups in total. The monoisotopic (exact) mass is 586 g/mol. The Bertz CT molecular complexity index is 1720. The van der Waals surface area contributed by atoms with Crippen molar-refractivity contribution in [2.24, 2.45) is 10.2 Å². The fourth-order valence-corrected chi connectivity index (χ4v) is 5.53. The topological polar surface area (TPSA) is 102 Å². The number of hydrogen-bond donors (Lipinski definition) is 3. The van der Waals surface area contributed by atoms with Crippen molar-refractivity contribution in [1.29, 1.82) is 0 Å². The Morgan fingerprint density at radius 3 is 2.52 bits per heavy atom. The first-order chi connectivity index (χ1) is 19.0. The summed E-state index contributed by atoms with van der Waals surface area (Å²) in [6.45, 7) is 0.110. The first-order valence-corrected chi connectivity index (χ1v) is 13.2. The van der Waals surface area contributed by atoms with Crippen molar-refractivity contribution in [3.8, 4) is 11.6 Å². The zero-order chi connectivity index (χ0) is 28.6. The standard InChI is InChI=1S/C28H22ClF3N4O3S/c1-36(14-24(38)15-3-7-20(37)8-4-15)27-34-26(39)25(40-27)21(16-5-9-23-18(10-16)13-33-35-23)11-17-2-6-19(29)12-22(17)28(30,31)32/h2-10,12-13,24,37-39H,11,14H2,1H3/t24-/m0/s1. The van der Waals surface area contributed by atoms with Crippen LogP contribution in [0.2, 0.25) is 5.02 Å². The number of aromatic nitrogens is 1. The number of aromatic hydroxyl groups is 2. The molecule has 0 bridgehead atoms. The van der Waals surface area contributed by atoms with E-state index in [0.717, 1.165) is 17.4 Å². The van der Waals surface area contributed by atoms with Crippen LogP contribution >= 0.6 is 22.9 Å². The summed E-state index contributed by atoms with van der Waals surface area (Å²) in [5, 5.41) is 40.5. The molecule has 3 aromatic carbocycles. The molecule has 206 valence electrons. The average Bonchev–Trinajstić information content (AvgIpc) is 3.54. The lowest BCUT2D eigenvalue weighted by atomic mass is 9.96. The number of benzene rings is 3. The lowest BCUT2D eigenvalue weighted by Gasteiger charge is -2.20. The number of anilines is 1. The van der Waals surface area contributed by atoms with Gasteiger partial charge in [-0.15, -0.1) is 0 Å². The number of phenolic OH excluding ortho intramolecular Hbond substituents is 1. The number of nitrogens with zero attached hydrogens (tertiary/aromatic N) is 4. The molecule has 0 unspecified atom stereocenters. The van der Waals surface area contributed by atoms with E-state index in [1.165, 1.54) is 24.3 Å². The van der Waals surface area contributed by atoms with Gasteiger partial charge in [0.05, 0.1) is 28.1 Å². The molecular formula is C28H22ClF3N4O3S. The smallest absolute Gasteiger partial charge is 0.416 e. The number of aliphatic hydroxyl groups is 1. The highest BCUT2D eigenvalue weighted by Gasteiger charge is 2.34. The second-order valence-corrected chi connectivity index (χ2v) is 10.6. The highest BCUT2D eigenvalue weighted by Crippen LogP contribution is 2.39. The van der Waals surface area contributed by atoms with Gasteiger partial charge in [-0.1, -0.05) is 47.2 Å². The molecule has 5 rings (SSSR count). The molecule has 0 spiro atoms. The third kappa shape index (κ3) is 5.81. The van der Waals surface area contributed by atoms with E-state index >= 15 is 0 Å². The Hall–Kier alpha value is -3.93. The van der Waals surface area contributed by atoms with Crippen LogP contribution in [0.3, 0.4) is 0 Å². The number of halogens is 4. The van der Waals surface area contributed by atoms with Gasteiger partial charge in [-0.3, -0.25) is 0 Å². The molecule has 1 atom stereocenters. The molecule has 0 aliphatic carbocycles. The van der Waals surface area contributed by atoms with Crippen molar-refractivity contribution < 1.29 is 28.5 Å². The van der Waals surface area contributed by atoms with E-state index in [1.807, 2.05) is 0 Å². The fourth-order valence-electron chi connectivity index (χ4n) is 4.36. The van der Waals surface area contributed by atoms with E-state index in [1.54, 1.807) is 48.5 Å². The molecule has 0 amide bonds. The summed E-state index contributed by atoms with van der Waals surface area (Å²) in [6.07, 6.45) is -4.18. The molecule has 0 saturated carbocycles. The van der Waals surface area contributed by atoms with Crippen LogP contribution in [0, 0.1) is 0 Å². The van der Waals surface area contributed by atoms with Crippen LogP contribution in [0.25, 0.3) is 5.57 Å². The van der Waals surface area contributed by atoms with Crippen molar-refractivity contribution in [2.75, 3.05) is 18.5 Å². The normalized spacial score (nSPS) is 14.1. The first kappa shape index (κ1) is 27.6. The molecule has 1 aliphatic heterocycles. The van der Waals surface area contributed by atoms with Crippen molar-refractivity contribution in [3.63, 3.8) is 0 Å². The average molecular weight is 587 g/mol. The number of fused-ring (bicyclic) bond motifs is 1. The summed E-state index contributed by atoms with van der Waals surface area (Å²) in [6, 6.07) is 14.9. The molecule has 12 heteroatoms. The number of rotatable bonds is 7. The highest BCUT2D eigenvalue weighted by atomic mass is 35.5. The van der Waals surface area contributed by atoms with Crippen LogP contribution in [0.4, 0.5) is 18.3 Å². The first-order valence-electron chi connectivity index (χ1n) is 12.0. The van der Waals surface area contributed by atoms with Gasteiger partial charge in [-0.2, -0.15) is 28.4 Å². The van der Waals surface area contributed by atoms with Gasteiger partial charge in [-0.25, -0.2) is 0 Å². The van der Waals surface area contributed by atoms with Crippen LogP contribution in [-0.2, 0) is 12.6 Å². The molecule has 40 heavy (non-hydrogen) atoms. The number of alkyl halides is 3. The van der Waals surface area contributed by atoms with Crippen LogP contribution < -0.4 is 15.5 Å². The largest absolute Gasteiger partial charge is 0.508 e. The SMILES string of the molecule is CN(C[C@H](O)c1ccc(O)cc1)c1nc(O)c(C(Cc2ccc(Cl)cc2C(F)(F)F)=c2ccc3c(c2)C=NN=3)s1. The zero-order valence-corrected chi connectivity index (χ0v) is 22.5. The van der Waals surface area contributed by atoms with Gasteiger partial charge in [0.15, 0.2) is 5.13 Å². The third-order valence-electron chi connectivity index (χ3n) is 6.41. The van der Waals surface area contributed by atoms with Crippen molar-refractivity contribution in [1.82, 2.24) is 4.98 Å². The summed E-state index contributed by atoms with van der Waals surface area (Å²) in [7, 11) is 1.68. The summed E-state index contributed by atoms with van der Waals surface area (Å²) in [5.74, 6) is -0.273. The van der Waals surface area contributed by atoms with Gasteiger partial charge in [0, 0.05) is 30.6 Å². The van der Waals surface area contributed by atoms with Gasteiger partial charge in [0.2, 0.25) is 5.88 Å². The van der Waals surface area contributed by atoms with Gasteiger partial charge in [-0.05, 0) is 58.3 Å². The van der Waals surface area contributed by atoms with E-state index in [-0.39, 0.29) is 40.1 Å². The summed E-state index contributed by atoms with van der Waals surface area (Å²) in [5.41, 5.74) is 0.806. The summed E-state index contributed by atoms with van der Waals surface area (Å²) < 4.78 is 41.8. The van der Waals surface area contributed by atoms with Gasteiger partial charge in [0.1, 0.15) is 5.75 Å². The van der Waals surface area contributed by atoms with Gasteiger partial charge in [0.25, 0.3) is 0 Å². The molecule has 1 aliphatic rings. The second-order valence-electron chi connectivity index (χ2n) is 9.21. The minimum atomic E-state index is -4.64. The number of hydrogen-bond acceptors (Lipinski definition) is 8. The van der Waals surface area contributed by atoms with Gasteiger partial charge >= 0.3 is 6.18 Å².